The molecule has 4 atom stereocenters. The second-order valence-corrected chi connectivity index (χ2v) is 15.8. The number of nitrogens with zero attached hydrogens (tertiary/aromatic N) is 2. The van der Waals surface area contributed by atoms with Crippen LogP contribution in [0.1, 0.15) is 130 Å². The molecule has 19 heteroatoms. The highest BCUT2D eigenvalue weighted by molar-refractivity contribution is 6.36. The number of carboxylic acid groups (broad SMARTS) is 1. The monoisotopic (exact) mass is 838 g/mol. The molecule has 0 spiro atoms. The van der Waals surface area contributed by atoms with Gasteiger partial charge < -0.3 is 42.3 Å². The number of nitrogens with one attached hydrogen (secondary N) is 5. The van der Waals surface area contributed by atoms with E-state index in [0.717, 1.165) is 81.4 Å². The van der Waals surface area contributed by atoms with Crippen molar-refractivity contribution in [2.75, 3.05) is 19.6 Å². The molecule has 1 aromatic rings. The quantitative estimate of drug-likeness (QED) is 0.0656. The summed E-state index contributed by atoms with van der Waals surface area (Å²) in [6.07, 6.45) is 11.4. The number of pyridine rings is 1. The zero-order valence-corrected chi connectivity index (χ0v) is 34.1. The van der Waals surface area contributed by atoms with Gasteiger partial charge in [0, 0.05) is 31.8 Å². The molecular formula is C41H58N8O11. The number of nitrogens with two attached hydrogens (primary N) is 1. The van der Waals surface area contributed by atoms with Gasteiger partial charge in [0.2, 0.25) is 35.3 Å². The number of carbonyl (C=O) groups is 10. The normalized spacial score (nSPS) is 18.6. The number of carboxylic acids is 1. The zero-order chi connectivity index (χ0) is 43.8. The number of aromatic nitrogens is 1. The second-order valence-electron chi connectivity index (χ2n) is 15.8. The summed E-state index contributed by atoms with van der Waals surface area (Å²) in [5.74, 6) is -8.86. The minimum absolute atomic E-state index is 0.134. The molecule has 0 bridgehead atoms. The van der Waals surface area contributed by atoms with Gasteiger partial charge in [0.25, 0.3) is 11.8 Å². The van der Waals surface area contributed by atoms with Gasteiger partial charge in [-0.1, -0.05) is 58.3 Å². The Kier molecular flexibility index (Phi) is 18.1. The van der Waals surface area contributed by atoms with Crippen LogP contribution in [0.15, 0.2) is 18.5 Å². The Morgan fingerprint density at radius 3 is 2.10 bits per heavy atom. The highest BCUT2D eigenvalue weighted by Crippen LogP contribution is 2.29. The van der Waals surface area contributed by atoms with Crippen LogP contribution in [0.25, 0.3) is 0 Å². The number of primary amides is 1. The predicted octanol–water partition coefficient (Wildman–Crippen LogP) is 0.436. The fourth-order valence-electron chi connectivity index (χ4n) is 8.15. The van der Waals surface area contributed by atoms with Gasteiger partial charge in [-0.15, -0.1) is 0 Å². The molecule has 1 aromatic heterocycles. The number of amides is 7. The Balaban J connectivity index is 1.45. The number of likely N-dealkylation sites (tertiary alicyclic amines) is 1. The SMILES string of the molecule is CCCCCNC(=O)C(=O)CC[C@H](NC(=O)c1ccncc1C(=O)O)C(=O)NCC(=O)N1CC(=O)C[C@H]1C(=O)N[C@H](C(=O)NC(C(N)=O)C1CCCCC1)C1CCCCC1. The van der Waals surface area contributed by atoms with Gasteiger partial charge in [-0.3, -0.25) is 48.1 Å². The number of ketones is 2. The second kappa shape index (κ2) is 23.1. The number of aromatic carboxylic acids is 1. The van der Waals surface area contributed by atoms with E-state index in [2.05, 4.69) is 31.6 Å². The van der Waals surface area contributed by atoms with Crippen molar-refractivity contribution >= 4 is 58.9 Å². The first kappa shape index (κ1) is 46.9. The summed E-state index contributed by atoms with van der Waals surface area (Å²) < 4.78 is 0. The van der Waals surface area contributed by atoms with Crippen LogP contribution in [0.2, 0.25) is 0 Å². The molecule has 3 aliphatic rings. The maximum atomic E-state index is 13.9. The number of unbranched alkanes of at least 4 members (excludes halogenated alkanes) is 2. The average Bonchev–Trinajstić information content (AvgIpc) is 3.65. The molecule has 8 N–H and O–H groups in total. The largest absolute Gasteiger partial charge is 0.478 e. The molecule has 0 radical (unpaired) electrons. The van der Waals surface area contributed by atoms with Crippen molar-refractivity contribution in [1.82, 2.24) is 36.5 Å². The summed E-state index contributed by atoms with van der Waals surface area (Å²) in [7, 11) is 0. The first-order valence-electron chi connectivity index (χ1n) is 21.0. The molecule has 1 unspecified atom stereocenters. The first-order chi connectivity index (χ1) is 28.7. The molecule has 2 heterocycles. The van der Waals surface area contributed by atoms with Crippen LogP contribution in [0.5, 0.6) is 0 Å². The van der Waals surface area contributed by atoms with E-state index < -0.39 is 115 Å². The van der Waals surface area contributed by atoms with Gasteiger partial charge in [0.15, 0.2) is 5.78 Å². The topological polar surface area (TPSA) is 293 Å². The third-order valence-electron chi connectivity index (χ3n) is 11.5. The Morgan fingerprint density at radius 2 is 1.48 bits per heavy atom. The summed E-state index contributed by atoms with van der Waals surface area (Å²) in [5, 5.41) is 22.4. The maximum Gasteiger partial charge on any atom is 0.338 e. The fourth-order valence-corrected chi connectivity index (χ4v) is 8.15. The Hall–Kier alpha value is -5.75. The highest BCUT2D eigenvalue weighted by Gasteiger charge is 2.42. The van der Waals surface area contributed by atoms with Crippen molar-refractivity contribution in [2.45, 2.75) is 134 Å². The van der Waals surface area contributed by atoms with E-state index in [1.807, 2.05) is 6.92 Å². The summed E-state index contributed by atoms with van der Waals surface area (Å²) in [4.78, 5) is 135. The zero-order valence-electron chi connectivity index (χ0n) is 34.1. The number of rotatable bonds is 21. The van der Waals surface area contributed by atoms with Gasteiger partial charge in [0.1, 0.15) is 24.2 Å². The summed E-state index contributed by atoms with van der Waals surface area (Å²) in [5.41, 5.74) is 4.94. The molecule has 60 heavy (non-hydrogen) atoms. The third-order valence-corrected chi connectivity index (χ3v) is 11.5. The van der Waals surface area contributed by atoms with E-state index in [0.29, 0.717) is 19.3 Å². The van der Waals surface area contributed by atoms with E-state index in [1.54, 1.807) is 0 Å². The lowest BCUT2D eigenvalue weighted by atomic mass is 9.81. The van der Waals surface area contributed by atoms with E-state index >= 15 is 0 Å². The lowest BCUT2D eigenvalue weighted by Gasteiger charge is -2.34. The number of hydrogen-bond acceptors (Lipinski definition) is 11. The van der Waals surface area contributed by atoms with Gasteiger partial charge in [-0.05, 0) is 56.4 Å². The summed E-state index contributed by atoms with van der Waals surface area (Å²) in [6, 6.07) is -3.72. The van der Waals surface area contributed by atoms with Crippen LogP contribution in [-0.2, 0) is 38.4 Å². The fraction of sp³-hybridized carbons (Fsp3) is 0.634. The molecule has 1 saturated heterocycles. The number of carbonyl (C=O) groups excluding carboxylic acids is 9. The van der Waals surface area contributed by atoms with Gasteiger partial charge in [-0.2, -0.15) is 0 Å². The average molecular weight is 839 g/mol. The van der Waals surface area contributed by atoms with Crippen molar-refractivity contribution in [3.63, 3.8) is 0 Å². The Morgan fingerprint density at radius 1 is 0.833 bits per heavy atom. The van der Waals surface area contributed by atoms with Crippen molar-refractivity contribution in [3.05, 3.63) is 29.6 Å². The van der Waals surface area contributed by atoms with Crippen molar-refractivity contribution in [2.24, 2.45) is 17.6 Å². The van der Waals surface area contributed by atoms with Gasteiger partial charge in [-0.25, -0.2) is 4.79 Å². The summed E-state index contributed by atoms with van der Waals surface area (Å²) in [6.45, 7) is 1.03. The standard InChI is InChI=1S/C41H58N8O11/c1-2-3-10-18-44-39(57)31(51)16-15-29(46-36(54)27-17-19-43-21-28(27)41(59)60)37(55)45-22-32(52)49-23-26(50)20-30(49)38(56)48-34(25-13-8-5-9-14-25)40(58)47-33(35(42)53)24-11-6-4-7-12-24/h17,19,21,24-25,29-30,33-34H,2-16,18,20,22-23H2,1H3,(H2,42,53)(H,44,57)(H,45,55)(H,46,54)(H,47,58)(H,48,56)(H,59,60)/t29-,30-,33?,34-/m0/s1. The Labute approximate surface area is 348 Å². The van der Waals surface area contributed by atoms with Crippen LogP contribution in [0, 0.1) is 11.8 Å². The number of Topliss-reactive ketones (excluding diaryl/α,β-unsaturated/α-hetero) is 2. The van der Waals surface area contributed by atoms with Crippen LogP contribution in [0.4, 0.5) is 0 Å². The first-order valence-corrected chi connectivity index (χ1v) is 21.0. The molecular weight excluding hydrogens is 780 g/mol. The minimum Gasteiger partial charge on any atom is -0.478 e. The van der Waals surface area contributed by atoms with Crippen molar-refractivity contribution in [1.29, 1.82) is 0 Å². The minimum atomic E-state index is -1.54. The highest BCUT2D eigenvalue weighted by atomic mass is 16.4. The van der Waals surface area contributed by atoms with Crippen LogP contribution < -0.4 is 32.3 Å². The van der Waals surface area contributed by atoms with Gasteiger partial charge >= 0.3 is 5.97 Å². The van der Waals surface area contributed by atoms with Crippen molar-refractivity contribution in [3.8, 4) is 0 Å². The molecule has 19 nitrogen and oxygen atoms in total. The molecule has 3 fully saturated rings. The molecule has 7 amide bonds. The van der Waals surface area contributed by atoms with Crippen LogP contribution in [0.3, 0.4) is 0 Å². The molecule has 4 rings (SSSR count). The molecule has 2 aliphatic carbocycles. The van der Waals surface area contributed by atoms with Crippen LogP contribution >= 0.6 is 0 Å². The van der Waals surface area contributed by atoms with Gasteiger partial charge in [0.05, 0.1) is 24.2 Å². The van der Waals surface area contributed by atoms with Crippen LogP contribution in [-0.4, -0.2) is 118 Å². The maximum absolute atomic E-state index is 13.9. The third kappa shape index (κ3) is 13.4. The summed E-state index contributed by atoms with van der Waals surface area (Å²) >= 11 is 0. The van der Waals surface area contributed by atoms with E-state index in [1.165, 1.54) is 6.20 Å². The molecule has 1 aliphatic heterocycles. The van der Waals surface area contributed by atoms with E-state index in [9.17, 15) is 53.1 Å². The molecule has 0 aromatic carbocycles. The Bertz CT molecular complexity index is 1780. The molecule has 2 saturated carbocycles. The number of hydrogen-bond donors (Lipinski definition) is 7. The molecule has 328 valence electrons. The predicted molar refractivity (Wildman–Crippen MR) is 214 cm³/mol. The lowest BCUT2D eigenvalue weighted by Crippen LogP contribution is -2.60. The smallest absolute Gasteiger partial charge is 0.338 e. The van der Waals surface area contributed by atoms with E-state index in [-0.39, 0.29) is 30.4 Å². The van der Waals surface area contributed by atoms with E-state index in [4.69, 9.17) is 5.73 Å². The van der Waals surface area contributed by atoms with Crippen molar-refractivity contribution < 1.29 is 53.1 Å². The lowest BCUT2D eigenvalue weighted by molar-refractivity contribution is -0.140.